The Morgan fingerprint density at radius 3 is 2.74 bits per heavy atom. The van der Waals surface area contributed by atoms with Crippen LogP contribution in [-0.4, -0.2) is 25.5 Å². The number of anilines is 2. The fourth-order valence-electron chi connectivity index (χ4n) is 2.92. The van der Waals surface area contributed by atoms with Crippen molar-refractivity contribution in [2.75, 3.05) is 23.9 Å². The second-order valence-electron chi connectivity index (χ2n) is 6.02. The van der Waals surface area contributed by atoms with Crippen LogP contribution in [0.25, 0.3) is 0 Å². The summed E-state index contributed by atoms with van der Waals surface area (Å²) < 4.78 is 5.29. The van der Waals surface area contributed by atoms with E-state index in [9.17, 15) is 9.59 Å². The van der Waals surface area contributed by atoms with Gasteiger partial charge in [0.25, 0.3) is 0 Å². The zero-order valence-corrected chi connectivity index (χ0v) is 15.8. The van der Waals surface area contributed by atoms with Gasteiger partial charge in [0.1, 0.15) is 11.8 Å². The quantitative estimate of drug-likeness (QED) is 0.839. The molecular weight excluding hydrogens is 389 g/mol. The Labute approximate surface area is 166 Å². The molecule has 6 nitrogen and oxygen atoms in total. The number of nitriles is 1. The molecule has 1 fully saturated rings. The maximum absolute atomic E-state index is 12.6. The van der Waals surface area contributed by atoms with E-state index < -0.39 is 5.92 Å². The lowest BCUT2D eigenvalue weighted by Gasteiger charge is -2.20. The van der Waals surface area contributed by atoms with E-state index in [0.717, 1.165) is 0 Å². The Morgan fingerprint density at radius 1 is 1.30 bits per heavy atom. The fourth-order valence-corrected chi connectivity index (χ4v) is 3.31. The third-order valence-corrected chi connectivity index (χ3v) is 4.83. The van der Waals surface area contributed by atoms with E-state index in [1.54, 1.807) is 24.3 Å². The first-order chi connectivity index (χ1) is 12.9. The third-order valence-electron chi connectivity index (χ3n) is 4.28. The maximum atomic E-state index is 12.6. The highest BCUT2D eigenvalue weighted by Crippen LogP contribution is 2.35. The first kappa shape index (κ1) is 19.0. The van der Waals surface area contributed by atoms with Crippen molar-refractivity contribution in [2.24, 2.45) is 5.92 Å². The minimum absolute atomic E-state index is 0.0749. The van der Waals surface area contributed by atoms with Crippen molar-refractivity contribution in [3.8, 4) is 11.8 Å². The number of benzene rings is 2. The van der Waals surface area contributed by atoms with Crippen molar-refractivity contribution in [1.82, 2.24) is 0 Å². The van der Waals surface area contributed by atoms with E-state index in [4.69, 9.17) is 33.2 Å². The van der Waals surface area contributed by atoms with Crippen molar-refractivity contribution in [2.45, 2.75) is 6.42 Å². The largest absolute Gasteiger partial charge is 0.495 e. The van der Waals surface area contributed by atoms with Crippen LogP contribution in [-0.2, 0) is 9.59 Å². The zero-order valence-electron chi connectivity index (χ0n) is 14.3. The molecule has 1 heterocycles. The summed E-state index contributed by atoms with van der Waals surface area (Å²) in [7, 11) is 1.51. The summed E-state index contributed by atoms with van der Waals surface area (Å²) >= 11 is 12.0. The molecule has 0 aliphatic carbocycles. The van der Waals surface area contributed by atoms with Crippen LogP contribution in [0.5, 0.6) is 5.75 Å². The number of nitrogens with zero attached hydrogens (tertiary/aromatic N) is 2. The second kappa shape index (κ2) is 7.87. The van der Waals surface area contributed by atoms with Gasteiger partial charge in [-0.2, -0.15) is 5.26 Å². The van der Waals surface area contributed by atoms with Gasteiger partial charge in [-0.3, -0.25) is 9.59 Å². The number of carbonyl (C=O) groups excluding carboxylic acids is 2. The summed E-state index contributed by atoms with van der Waals surface area (Å²) in [5, 5.41) is 12.4. The van der Waals surface area contributed by atoms with Gasteiger partial charge in [0.15, 0.2) is 0 Å². The van der Waals surface area contributed by atoms with Gasteiger partial charge in [0.05, 0.1) is 29.3 Å². The number of amides is 2. The van der Waals surface area contributed by atoms with Gasteiger partial charge in [-0.15, -0.1) is 0 Å². The van der Waals surface area contributed by atoms with Crippen LogP contribution >= 0.6 is 23.2 Å². The Bertz CT molecular complexity index is 956. The summed E-state index contributed by atoms with van der Waals surface area (Å²) in [6, 6.07) is 11.6. The highest BCUT2D eigenvalue weighted by Gasteiger charge is 2.36. The lowest BCUT2D eigenvalue weighted by atomic mass is 10.1. The van der Waals surface area contributed by atoms with Crippen molar-refractivity contribution < 1.29 is 14.3 Å². The number of rotatable bonds is 4. The second-order valence-corrected chi connectivity index (χ2v) is 6.86. The topological polar surface area (TPSA) is 82.4 Å². The van der Waals surface area contributed by atoms with Crippen LogP contribution in [0.2, 0.25) is 10.0 Å². The average Bonchev–Trinajstić information content (AvgIpc) is 3.03. The first-order valence-electron chi connectivity index (χ1n) is 8.07. The number of halogens is 2. The van der Waals surface area contributed by atoms with Crippen molar-refractivity contribution in [3.63, 3.8) is 0 Å². The molecule has 27 heavy (non-hydrogen) atoms. The molecule has 138 valence electrons. The molecule has 8 heteroatoms. The van der Waals surface area contributed by atoms with Crippen molar-refractivity contribution >= 4 is 46.4 Å². The highest BCUT2D eigenvalue weighted by atomic mass is 35.5. The van der Waals surface area contributed by atoms with Gasteiger partial charge in [-0.1, -0.05) is 23.2 Å². The average molecular weight is 404 g/mol. The lowest BCUT2D eigenvalue weighted by Crippen LogP contribution is -2.28. The molecule has 2 aromatic carbocycles. The number of nitrogens with one attached hydrogen (secondary N) is 1. The fraction of sp³-hybridized carbons (Fsp3) is 0.211. The molecule has 3 rings (SSSR count). The van der Waals surface area contributed by atoms with Crippen molar-refractivity contribution in [1.29, 1.82) is 5.26 Å². The molecule has 2 amide bonds. The summed E-state index contributed by atoms with van der Waals surface area (Å²) in [6.45, 7) is 0.214. The standard InChI is InChI=1S/C19H15Cl2N3O3/c1-27-17-5-3-13(20)7-16(17)24-10-12(6-18(24)25)19(26)23-14-4-2-11(9-22)15(21)8-14/h2-5,7-8,12H,6,10H2,1H3,(H,23,26). The third kappa shape index (κ3) is 4.00. The van der Waals surface area contributed by atoms with Gasteiger partial charge in [-0.25, -0.2) is 0 Å². The molecule has 1 saturated heterocycles. The summed E-state index contributed by atoms with van der Waals surface area (Å²) in [5.74, 6) is -0.510. The maximum Gasteiger partial charge on any atom is 0.229 e. The highest BCUT2D eigenvalue weighted by molar-refractivity contribution is 6.32. The van der Waals surface area contributed by atoms with E-state index in [1.165, 1.54) is 24.1 Å². The first-order valence-corrected chi connectivity index (χ1v) is 8.83. The van der Waals surface area contributed by atoms with Crippen LogP contribution in [0.1, 0.15) is 12.0 Å². The SMILES string of the molecule is COc1ccc(Cl)cc1N1CC(C(=O)Nc2ccc(C#N)c(Cl)c2)CC1=O. The predicted octanol–water partition coefficient (Wildman–Crippen LogP) is 3.87. The number of hydrogen-bond acceptors (Lipinski definition) is 4. The Hall–Kier alpha value is -2.75. The monoisotopic (exact) mass is 403 g/mol. The summed E-state index contributed by atoms with van der Waals surface area (Å²) in [6.07, 6.45) is 0.0749. The van der Waals surface area contributed by atoms with Gasteiger partial charge in [0.2, 0.25) is 11.8 Å². The van der Waals surface area contributed by atoms with E-state index >= 15 is 0 Å². The molecule has 0 radical (unpaired) electrons. The Kier molecular flexibility index (Phi) is 5.54. The Morgan fingerprint density at radius 2 is 2.07 bits per heavy atom. The molecule has 0 spiro atoms. The van der Waals surface area contributed by atoms with Gasteiger partial charge >= 0.3 is 0 Å². The smallest absolute Gasteiger partial charge is 0.229 e. The number of carbonyl (C=O) groups is 2. The van der Waals surface area contributed by atoms with Crippen LogP contribution in [0, 0.1) is 17.2 Å². The van der Waals surface area contributed by atoms with Gasteiger partial charge in [-0.05, 0) is 36.4 Å². The molecule has 1 unspecified atom stereocenters. The van der Waals surface area contributed by atoms with E-state index in [2.05, 4.69) is 5.32 Å². The predicted molar refractivity (Wildman–Crippen MR) is 103 cm³/mol. The number of hydrogen-bond donors (Lipinski definition) is 1. The molecule has 1 aliphatic heterocycles. The number of ether oxygens (including phenoxy) is 1. The van der Waals surface area contributed by atoms with Gasteiger partial charge in [0, 0.05) is 23.7 Å². The lowest BCUT2D eigenvalue weighted by molar-refractivity contribution is -0.122. The number of methoxy groups -OCH3 is 1. The van der Waals surface area contributed by atoms with E-state index in [1.807, 2.05) is 6.07 Å². The minimum atomic E-state index is -0.532. The molecule has 1 N–H and O–H groups in total. The normalized spacial score (nSPS) is 16.1. The van der Waals surface area contributed by atoms with Crippen molar-refractivity contribution in [3.05, 3.63) is 52.0 Å². The molecule has 0 saturated carbocycles. The molecule has 0 aromatic heterocycles. The molecule has 2 aromatic rings. The van der Waals surface area contributed by atoms with Crippen LogP contribution in [0.3, 0.4) is 0 Å². The van der Waals surface area contributed by atoms with E-state index in [-0.39, 0.29) is 29.8 Å². The Balaban J connectivity index is 1.75. The van der Waals surface area contributed by atoms with Crippen LogP contribution < -0.4 is 15.0 Å². The summed E-state index contributed by atoms with van der Waals surface area (Å²) in [4.78, 5) is 26.5. The van der Waals surface area contributed by atoms with Crippen LogP contribution in [0.4, 0.5) is 11.4 Å². The van der Waals surface area contributed by atoms with Gasteiger partial charge < -0.3 is 15.0 Å². The minimum Gasteiger partial charge on any atom is -0.495 e. The van der Waals surface area contributed by atoms with E-state index in [0.29, 0.717) is 27.7 Å². The molecule has 1 aliphatic rings. The molecular formula is C19H15Cl2N3O3. The molecule has 1 atom stereocenters. The zero-order chi connectivity index (χ0) is 19.6. The van der Waals surface area contributed by atoms with Crippen LogP contribution in [0.15, 0.2) is 36.4 Å². The molecule has 0 bridgehead atoms. The summed E-state index contributed by atoms with van der Waals surface area (Å²) in [5.41, 5.74) is 1.33.